The minimum absolute atomic E-state index is 0.346. The van der Waals surface area contributed by atoms with Crippen LogP contribution in [-0.4, -0.2) is 28.2 Å². The number of nitrogens with zero attached hydrogens (tertiary/aromatic N) is 1. The van der Waals surface area contributed by atoms with Gasteiger partial charge in [-0.05, 0) is 61.9 Å². The van der Waals surface area contributed by atoms with E-state index in [2.05, 4.69) is 36.6 Å². The molecule has 1 aliphatic rings. The minimum Gasteiger partial charge on any atom is -0.481 e. The highest BCUT2D eigenvalue weighted by molar-refractivity contribution is 5.97. The Kier molecular flexibility index (Phi) is 5.72. The standard InChI is InChI=1S/C25H28N2O4/c1-15-10-11-17(16(2)12-15)13-27-19-7-4-3-6-18(25(26)30)23(19)24-20(27)8-5-9-21(24)31-14-22(28)29/h5,8-12,18H,3-4,6-7,13-14H2,1-2H3,(H2,26,30)(H,28,29). The van der Waals surface area contributed by atoms with E-state index in [-0.39, 0.29) is 5.91 Å². The summed E-state index contributed by atoms with van der Waals surface area (Å²) in [5.41, 5.74) is 12.4. The molecular weight excluding hydrogens is 392 g/mol. The molecule has 3 aromatic rings. The first-order chi connectivity index (χ1) is 14.9. The molecule has 2 aromatic carbocycles. The average Bonchev–Trinajstić information content (AvgIpc) is 2.87. The Morgan fingerprint density at radius 1 is 1.19 bits per heavy atom. The smallest absolute Gasteiger partial charge is 0.341 e. The summed E-state index contributed by atoms with van der Waals surface area (Å²) < 4.78 is 7.91. The number of hydrogen-bond acceptors (Lipinski definition) is 3. The number of nitrogens with two attached hydrogens (primary N) is 1. The van der Waals surface area contributed by atoms with Gasteiger partial charge in [0.15, 0.2) is 6.61 Å². The lowest BCUT2D eigenvalue weighted by Crippen LogP contribution is -2.21. The van der Waals surface area contributed by atoms with Crippen molar-refractivity contribution in [1.29, 1.82) is 0 Å². The number of hydrogen-bond donors (Lipinski definition) is 2. The predicted octanol–water partition coefficient (Wildman–Crippen LogP) is 4.07. The number of carboxylic acids is 1. The van der Waals surface area contributed by atoms with Gasteiger partial charge >= 0.3 is 5.97 Å². The number of ether oxygens (including phenoxy) is 1. The highest BCUT2D eigenvalue weighted by atomic mass is 16.5. The summed E-state index contributed by atoms with van der Waals surface area (Å²) in [5.74, 6) is -1.30. The summed E-state index contributed by atoms with van der Waals surface area (Å²) in [4.78, 5) is 23.6. The molecule has 31 heavy (non-hydrogen) atoms. The van der Waals surface area contributed by atoms with Gasteiger partial charge in [0.2, 0.25) is 5.91 Å². The van der Waals surface area contributed by atoms with Gasteiger partial charge in [0.1, 0.15) is 5.75 Å². The molecule has 0 spiro atoms. The van der Waals surface area contributed by atoms with Crippen LogP contribution in [0.5, 0.6) is 5.75 Å². The lowest BCUT2D eigenvalue weighted by molar-refractivity contribution is -0.139. The molecule has 0 fully saturated rings. The van der Waals surface area contributed by atoms with Crippen LogP contribution in [0.15, 0.2) is 36.4 Å². The Hall–Kier alpha value is -3.28. The molecule has 0 bridgehead atoms. The summed E-state index contributed by atoms with van der Waals surface area (Å²) in [6.07, 6.45) is 3.44. The number of aliphatic carboxylic acids is 1. The molecule has 1 atom stereocenters. The molecule has 1 heterocycles. The van der Waals surface area contributed by atoms with E-state index in [0.717, 1.165) is 41.4 Å². The first kappa shape index (κ1) is 21.0. The van der Waals surface area contributed by atoms with Crippen LogP contribution < -0.4 is 10.5 Å². The number of aryl methyl sites for hydroxylation is 2. The van der Waals surface area contributed by atoms with Gasteiger partial charge in [-0.25, -0.2) is 4.79 Å². The summed E-state index contributed by atoms with van der Waals surface area (Å²) in [6, 6.07) is 12.1. The van der Waals surface area contributed by atoms with Crippen LogP contribution in [0.3, 0.4) is 0 Å². The molecule has 162 valence electrons. The number of benzene rings is 2. The molecule has 0 saturated carbocycles. The van der Waals surface area contributed by atoms with Crippen LogP contribution in [0.25, 0.3) is 10.9 Å². The lowest BCUT2D eigenvalue weighted by atomic mass is 9.92. The summed E-state index contributed by atoms with van der Waals surface area (Å²) in [6.45, 7) is 4.43. The van der Waals surface area contributed by atoms with Crippen LogP contribution in [0, 0.1) is 13.8 Å². The number of carbonyl (C=O) groups excluding carboxylic acids is 1. The minimum atomic E-state index is -1.04. The van der Waals surface area contributed by atoms with Crippen molar-refractivity contribution in [3.8, 4) is 5.75 Å². The lowest BCUT2D eigenvalue weighted by Gasteiger charge is -2.15. The number of fused-ring (bicyclic) bond motifs is 3. The molecule has 0 radical (unpaired) electrons. The van der Waals surface area contributed by atoms with Crippen LogP contribution in [0.4, 0.5) is 0 Å². The van der Waals surface area contributed by atoms with Crippen molar-refractivity contribution in [2.24, 2.45) is 5.73 Å². The van der Waals surface area contributed by atoms with Crippen LogP contribution in [-0.2, 0) is 22.6 Å². The van der Waals surface area contributed by atoms with E-state index in [4.69, 9.17) is 15.6 Å². The predicted molar refractivity (Wildman–Crippen MR) is 120 cm³/mol. The van der Waals surface area contributed by atoms with E-state index in [9.17, 15) is 9.59 Å². The van der Waals surface area contributed by atoms with Crippen molar-refractivity contribution in [2.45, 2.75) is 52.0 Å². The molecule has 0 saturated heterocycles. The first-order valence-electron chi connectivity index (χ1n) is 10.7. The highest BCUT2D eigenvalue weighted by Gasteiger charge is 2.31. The van der Waals surface area contributed by atoms with Gasteiger partial charge in [-0.1, -0.05) is 36.2 Å². The summed E-state index contributed by atoms with van der Waals surface area (Å²) >= 11 is 0. The van der Waals surface area contributed by atoms with Gasteiger partial charge in [0.05, 0.1) is 11.4 Å². The number of primary amides is 1. The van der Waals surface area contributed by atoms with Crippen molar-refractivity contribution >= 4 is 22.8 Å². The van der Waals surface area contributed by atoms with E-state index in [1.54, 1.807) is 6.07 Å². The van der Waals surface area contributed by atoms with Crippen LogP contribution in [0.2, 0.25) is 0 Å². The van der Waals surface area contributed by atoms with Crippen molar-refractivity contribution in [2.75, 3.05) is 6.61 Å². The SMILES string of the molecule is Cc1ccc(Cn2c3c(c4c(OCC(=O)O)cccc42)C(C(N)=O)CCCC3)c(C)c1. The van der Waals surface area contributed by atoms with Gasteiger partial charge in [-0.15, -0.1) is 0 Å². The number of rotatable bonds is 6. The average molecular weight is 421 g/mol. The fourth-order valence-corrected chi connectivity index (χ4v) is 4.80. The Morgan fingerprint density at radius 3 is 2.71 bits per heavy atom. The number of carboxylic acid groups (broad SMARTS) is 1. The fourth-order valence-electron chi connectivity index (χ4n) is 4.80. The summed E-state index contributed by atoms with van der Waals surface area (Å²) in [7, 11) is 0. The maximum absolute atomic E-state index is 12.4. The fraction of sp³-hybridized carbons (Fsp3) is 0.360. The second-order valence-electron chi connectivity index (χ2n) is 8.41. The third-order valence-electron chi connectivity index (χ3n) is 6.23. The molecule has 6 heteroatoms. The molecule has 3 N–H and O–H groups in total. The number of carbonyl (C=O) groups is 2. The topological polar surface area (TPSA) is 94.6 Å². The van der Waals surface area contributed by atoms with Gasteiger partial charge < -0.3 is 20.1 Å². The Balaban J connectivity index is 1.95. The number of amides is 1. The largest absolute Gasteiger partial charge is 0.481 e. The van der Waals surface area contributed by atoms with E-state index >= 15 is 0 Å². The van der Waals surface area contributed by atoms with E-state index in [1.165, 1.54) is 16.7 Å². The van der Waals surface area contributed by atoms with Crippen molar-refractivity contribution in [1.82, 2.24) is 4.57 Å². The Morgan fingerprint density at radius 2 is 2.00 bits per heavy atom. The maximum Gasteiger partial charge on any atom is 0.341 e. The van der Waals surface area contributed by atoms with Crippen molar-refractivity contribution < 1.29 is 19.4 Å². The maximum atomic E-state index is 12.4. The molecule has 1 aromatic heterocycles. The highest BCUT2D eigenvalue weighted by Crippen LogP contribution is 2.42. The molecule has 0 aliphatic heterocycles. The zero-order chi connectivity index (χ0) is 22.1. The van der Waals surface area contributed by atoms with Crippen LogP contribution in [0.1, 0.15) is 53.1 Å². The van der Waals surface area contributed by atoms with E-state index in [0.29, 0.717) is 18.7 Å². The first-order valence-corrected chi connectivity index (χ1v) is 10.7. The molecule has 6 nitrogen and oxygen atoms in total. The van der Waals surface area contributed by atoms with Gasteiger partial charge in [-0.3, -0.25) is 4.79 Å². The van der Waals surface area contributed by atoms with Gasteiger partial charge in [0, 0.05) is 17.6 Å². The van der Waals surface area contributed by atoms with Crippen molar-refractivity contribution in [3.05, 3.63) is 64.3 Å². The molecule has 1 amide bonds. The summed E-state index contributed by atoms with van der Waals surface area (Å²) in [5, 5.41) is 9.93. The van der Waals surface area contributed by atoms with E-state index in [1.807, 2.05) is 12.1 Å². The number of aromatic nitrogens is 1. The molecular formula is C25H28N2O4. The monoisotopic (exact) mass is 420 g/mol. The van der Waals surface area contributed by atoms with Gasteiger partial charge in [0.25, 0.3) is 0 Å². The van der Waals surface area contributed by atoms with Crippen LogP contribution >= 0.6 is 0 Å². The quantitative estimate of drug-likeness (QED) is 0.588. The Bertz CT molecular complexity index is 1160. The molecule has 1 unspecified atom stereocenters. The third-order valence-corrected chi connectivity index (χ3v) is 6.23. The second kappa shape index (κ2) is 8.46. The molecule has 4 rings (SSSR count). The zero-order valence-electron chi connectivity index (χ0n) is 18.0. The zero-order valence-corrected chi connectivity index (χ0v) is 18.0. The van der Waals surface area contributed by atoms with E-state index < -0.39 is 18.5 Å². The second-order valence-corrected chi connectivity index (χ2v) is 8.41. The Labute approximate surface area is 181 Å². The molecule has 1 aliphatic carbocycles. The van der Waals surface area contributed by atoms with Crippen molar-refractivity contribution in [3.63, 3.8) is 0 Å². The third kappa shape index (κ3) is 4.02. The van der Waals surface area contributed by atoms with Gasteiger partial charge in [-0.2, -0.15) is 0 Å². The normalized spacial score (nSPS) is 16.0.